The molecule has 0 aromatic heterocycles. The number of benzene rings is 2. The van der Waals surface area contributed by atoms with Crippen LogP contribution in [0, 0.1) is 13.8 Å². The van der Waals surface area contributed by atoms with Gasteiger partial charge in [0, 0.05) is 11.0 Å². The zero-order chi connectivity index (χ0) is 16.5. The van der Waals surface area contributed by atoms with Gasteiger partial charge in [0.15, 0.2) is 0 Å². The van der Waals surface area contributed by atoms with Crippen molar-refractivity contribution in [3.63, 3.8) is 0 Å². The lowest BCUT2D eigenvalue weighted by atomic mass is 9.76. The van der Waals surface area contributed by atoms with E-state index in [1.54, 1.807) is 0 Å². The molecule has 2 nitrogen and oxygen atoms in total. The zero-order valence-electron chi connectivity index (χ0n) is 14.2. The molecule has 0 aliphatic carbocycles. The van der Waals surface area contributed by atoms with Gasteiger partial charge in [-0.1, -0.05) is 56.2 Å². The zero-order valence-corrected chi connectivity index (χ0v) is 14.2. The van der Waals surface area contributed by atoms with Crippen LogP contribution in [0.4, 0.5) is 0 Å². The number of aliphatic hydroxyl groups is 1. The van der Waals surface area contributed by atoms with Gasteiger partial charge in [0.25, 0.3) is 0 Å². The van der Waals surface area contributed by atoms with Crippen LogP contribution in [0.2, 0.25) is 0 Å². The number of hydrogen-bond donors (Lipinski definition) is 2. The first-order chi connectivity index (χ1) is 10.3. The van der Waals surface area contributed by atoms with Gasteiger partial charge in [-0.2, -0.15) is 0 Å². The third-order valence-corrected chi connectivity index (χ3v) is 4.48. The summed E-state index contributed by atoms with van der Waals surface area (Å²) in [5.74, 6) is 0.227. The van der Waals surface area contributed by atoms with Gasteiger partial charge in [0.1, 0.15) is 5.75 Å². The van der Waals surface area contributed by atoms with Crippen molar-refractivity contribution in [2.75, 3.05) is 0 Å². The molecule has 2 heteroatoms. The molecule has 2 rings (SSSR count). The van der Waals surface area contributed by atoms with Crippen LogP contribution in [-0.2, 0) is 18.4 Å². The maximum absolute atomic E-state index is 10.2. The van der Waals surface area contributed by atoms with Crippen molar-refractivity contribution in [3.8, 4) is 5.75 Å². The molecule has 0 saturated heterocycles. The fourth-order valence-electron chi connectivity index (χ4n) is 3.01. The first-order valence-electron chi connectivity index (χ1n) is 7.84. The van der Waals surface area contributed by atoms with E-state index in [4.69, 9.17) is 0 Å². The van der Waals surface area contributed by atoms with Crippen LogP contribution in [0.1, 0.15) is 54.2 Å². The van der Waals surface area contributed by atoms with E-state index in [1.165, 1.54) is 16.7 Å². The lowest BCUT2D eigenvalue weighted by Crippen LogP contribution is -2.20. The maximum Gasteiger partial charge on any atom is 0.124 e. The van der Waals surface area contributed by atoms with Crippen molar-refractivity contribution in [3.05, 3.63) is 63.7 Å². The smallest absolute Gasteiger partial charge is 0.124 e. The third kappa shape index (κ3) is 3.02. The van der Waals surface area contributed by atoms with Crippen molar-refractivity contribution < 1.29 is 10.2 Å². The number of aryl methyl sites for hydroxylation is 3. The van der Waals surface area contributed by atoms with Gasteiger partial charge < -0.3 is 10.2 Å². The van der Waals surface area contributed by atoms with E-state index in [-0.39, 0.29) is 17.8 Å². The Morgan fingerprint density at radius 2 is 1.36 bits per heavy atom. The number of hydrogen-bond acceptors (Lipinski definition) is 2. The number of phenols is 1. The molecule has 0 bridgehead atoms. The van der Waals surface area contributed by atoms with Crippen molar-refractivity contribution in [2.45, 2.75) is 53.1 Å². The second-order valence-corrected chi connectivity index (χ2v) is 6.66. The summed E-state index contributed by atoms with van der Waals surface area (Å²) in [7, 11) is 0. The number of rotatable bonds is 4. The summed E-state index contributed by atoms with van der Waals surface area (Å²) in [4.78, 5) is 0. The number of aromatic hydroxyl groups is 1. The summed E-state index contributed by atoms with van der Waals surface area (Å²) < 4.78 is 0. The molecule has 0 fully saturated rings. The molecule has 22 heavy (non-hydrogen) atoms. The quantitative estimate of drug-likeness (QED) is 0.879. The summed E-state index contributed by atoms with van der Waals surface area (Å²) in [6.07, 6.45) is 0.746. The highest BCUT2D eigenvalue weighted by Gasteiger charge is 2.25. The predicted octanol–water partition coefficient (Wildman–Crippen LogP) is 4.39. The largest absolute Gasteiger partial charge is 0.507 e. The van der Waals surface area contributed by atoms with Gasteiger partial charge in [-0.25, -0.2) is 0 Å². The fraction of sp³-hybridized carbons (Fsp3) is 0.400. The lowest BCUT2D eigenvalue weighted by molar-refractivity contribution is 0.275. The molecule has 0 aliphatic heterocycles. The normalized spacial score (nSPS) is 11.7. The highest BCUT2D eigenvalue weighted by Crippen LogP contribution is 2.36. The molecule has 0 spiro atoms. The Labute approximate surface area is 133 Å². The summed E-state index contributed by atoms with van der Waals surface area (Å²) in [5, 5.41) is 19.7. The predicted molar refractivity (Wildman–Crippen MR) is 91.5 cm³/mol. The third-order valence-electron chi connectivity index (χ3n) is 4.48. The van der Waals surface area contributed by atoms with E-state index in [0.717, 1.165) is 17.5 Å². The molecule has 0 heterocycles. The summed E-state index contributed by atoms with van der Waals surface area (Å²) in [6, 6.07) is 10.6. The van der Waals surface area contributed by atoms with Crippen molar-refractivity contribution in [1.29, 1.82) is 0 Å². The van der Waals surface area contributed by atoms with Crippen LogP contribution in [0.5, 0.6) is 5.75 Å². The van der Waals surface area contributed by atoms with Gasteiger partial charge >= 0.3 is 0 Å². The highest BCUT2D eigenvalue weighted by atomic mass is 16.3. The van der Waals surface area contributed by atoms with Crippen LogP contribution < -0.4 is 0 Å². The Morgan fingerprint density at radius 3 is 1.86 bits per heavy atom. The van der Waals surface area contributed by atoms with Crippen LogP contribution >= 0.6 is 0 Å². The monoisotopic (exact) mass is 298 g/mol. The first kappa shape index (κ1) is 16.6. The van der Waals surface area contributed by atoms with Gasteiger partial charge in [-0.3, -0.25) is 0 Å². The molecule has 0 atom stereocenters. The van der Waals surface area contributed by atoms with Gasteiger partial charge in [0.05, 0.1) is 6.61 Å². The molecule has 2 aromatic rings. The molecule has 2 aromatic carbocycles. The lowest BCUT2D eigenvalue weighted by Gasteiger charge is -2.28. The average molecular weight is 298 g/mol. The molecule has 0 amide bonds. The molecule has 0 aliphatic rings. The minimum absolute atomic E-state index is 0.143. The van der Waals surface area contributed by atoms with Gasteiger partial charge in [0.2, 0.25) is 0 Å². The van der Waals surface area contributed by atoms with Crippen LogP contribution in [0.15, 0.2) is 30.3 Å². The van der Waals surface area contributed by atoms with Gasteiger partial charge in [-0.15, -0.1) is 0 Å². The second kappa shape index (κ2) is 6.13. The topological polar surface area (TPSA) is 40.5 Å². The summed E-state index contributed by atoms with van der Waals surface area (Å²) in [6.45, 7) is 10.5. The summed E-state index contributed by atoms with van der Waals surface area (Å²) in [5.41, 5.74) is 6.18. The summed E-state index contributed by atoms with van der Waals surface area (Å²) >= 11 is 0. The van der Waals surface area contributed by atoms with E-state index < -0.39 is 0 Å². The molecule has 0 unspecified atom stereocenters. The maximum atomic E-state index is 10.2. The molecule has 118 valence electrons. The van der Waals surface area contributed by atoms with Crippen LogP contribution in [0.25, 0.3) is 0 Å². The van der Waals surface area contributed by atoms with E-state index in [2.05, 4.69) is 52.0 Å². The minimum Gasteiger partial charge on any atom is -0.507 e. The first-order valence-corrected chi connectivity index (χ1v) is 7.84. The van der Waals surface area contributed by atoms with Crippen LogP contribution in [0.3, 0.4) is 0 Å². The van der Waals surface area contributed by atoms with Crippen molar-refractivity contribution in [1.82, 2.24) is 0 Å². The van der Waals surface area contributed by atoms with E-state index >= 15 is 0 Å². The fourth-order valence-corrected chi connectivity index (χ4v) is 3.01. The molecule has 0 radical (unpaired) electrons. The number of aliphatic hydroxyl groups excluding tert-OH is 1. The molecule has 2 N–H and O–H groups in total. The standard InChI is InChI=1S/C20H26O2/c1-6-15-10-18(11-16(12-21)19(15)22)20(4,5)17-8-13(2)7-14(3)9-17/h7-11,21-22H,6,12H2,1-5H3. The molecular formula is C20H26O2. The van der Waals surface area contributed by atoms with E-state index in [1.807, 2.05) is 13.0 Å². The molecule has 0 saturated carbocycles. The minimum atomic E-state index is -0.182. The van der Waals surface area contributed by atoms with Crippen molar-refractivity contribution >= 4 is 0 Å². The van der Waals surface area contributed by atoms with Crippen molar-refractivity contribution in [2.24, 2.45) is 0 Å². The SMILES string of the molecule is CCc1cc(C(C)(C)c2cc(C)cc(C)c2)cc(CO)c1O. The van der Waals surface area contributed by atoms with Gasteiger partial charge in [-0.05, 0) is 43.0 Å². The Morgan fingerprint density at radius 1 is 0.864 bits per heavy atom. The Kier molecular flexibility index (Phi) is 4.62. The Hall–Kier alpha value is -1.80. The average Bonchev–Trinajstić information content (AvgIpc) is 2.46. The van der Waals surface area contributed by atoms with Crippen LogP contribution in [-0.4, -0.2) is 10.2 Å². The Bertz CT molecular complexity index is 639. The Balaban J connectivity index is 2.62. The second-order valence-electron chi connectivity index (χ2n) is 6.66. The highest BCUT2D eigenvalue weighted by molar-refractivity contribution is 5.49. The van der Waals surface area contributed by atoms with E-state index in [0.29, 0.717) is 5.56 Å². The van der Waals surface area contributed by atoms with E-state index in [9.17, 15) is 10.2 Å². The molecular weight excluding hydrogens is 272 g/mol.